The van der Waals surface area contributed by atoms with E-state index in [1.807, 2.05) is 37.4 Å². The standard InChI is InChI=1S/C15H18N2OS/c1-16-10-12-4-3-5-13(17-12)11-18-14-6-8-15(19-2)9-7-14/h3-9,16H,10-11H2,1-2H3. The first-order chi connectivity index (χ1) is 9.31. The van der Waals surface area contributed by atoms with E-state index in [2.05, 4.69) is 28.7 Å². The summed E-state index contributed by atoms with van der Waals surface area (Å²) in [4.78, 5) is 5.76. The molecule has 0 saturated carbocycles. The van der Waals surface area contributed by atoms with E-state index in [0.29, 0.717) is 6.61 Å². The van der Waals surface area contributed by atoms with Crippen LogP contribution < -0.4 is 10.1 Å². The maximum atomic E-state index is 5.73. The molecule has 0 radical (unpaired) electrons. The van der Waals surface area contributed by atoms with Gasteiger partial charge in [0.2, 0.25) is 0 Å². The molecule has 19 heavy (non-hydrogen) atoms. The zero-order valence-corrected chi connectivity index (χ0v) is 12.0. The molecular weight excluding hydrogens is 256 g/mol. The van der Waals surface area contributed by atoms with Crippen molar-refractivity contribution in [1.82, 2.24) is 10.3 Å². The van der Waals surface area contributed by atoms with Crippen molar-refractivity contribution in [3.05, 3.63) is 53.9 Å². The molecule has 0 atom stereocenters. The molecule has 0 bridgehead atoms. The van der Waals surface area contributed by atoms with E-state index >= 15 is 0 Å². The number of hydrogen-bond donors (Lipinski definition) is 1. The first kappa shape index (κ1) is 13.9. The van der Waals surface area contributed by atoms with Gasteiger partial charge in [0.25, 0.3) is 0 Å². The normalized spacial score (nSPS) is 10.4. The van der Waals surface area contributed by atoms with Crippen molar-refractivity contribution < 1.29 is 4.74 Å². The van der Waals surface area contributed by atoms with Crippen LogP contribution in [0.1, 0.15) is 11.4 Å². The van der Waals surface area contributed by atoms with E-state index in [4.69, 9.17) is 4.74 Å². The molecule has 0 saturated heterocycles. The molecule has 0 amide bonds. The third kappa shape index (κ3) is 4.26. The number of rotatable bonds is 6. The number of hydrogen-bond acceptors (Lipinski definition) is 4. The van der Waals surface area contributed by atoms with Gasteiger partial charge >= 0.3 is 0 Å². The zero-order valence-electron chi connectivity index (χ0n) is 11.2. The van der Waals surface area contributed by atoms with E-state index < -0.39 is 0 Å². The molecule has 1 N–H and O–H groups in total. The monoisotopic (exact) mass is 274 g/mol. The van der Waals surface area contributed by atoms with Gasteiger partial charge in [-0.3, -0.25) is 4.98 Å². The Morgan fingerprint density at radius 1 is 1.11 bits per heavy atom. The minimum Gasteiger partial charge on any atom is -0.487 e. The highest BCUT2D eigenvalue weighted by Gasteiger charge is 1.99. The topological polar surface area (TPSA) is 34.1 Å². The van der Waals surface area contributed by atoms with E-state index in [0.717, 1.165) is 23.7 Å². The Morgan fingerprint density at radius 2 is 1.84 bits per heavy atom. The lowest BCUT2D eigenvalue weighted by Gasteiger charge is -2.07. The number of benzene rings is 1. The van der Waals surface area contributed by atoms with Gasteiger partial charge < -0.3 is 10.1 Å². The Labute approximate surface area is 118 Å². The Morgan fingerprint density at radius 3 is 2.53 bits per heavy atom. The highest BCUT2D eigenvalue weighted by molar-refractivity contribution is 7.98. The molecule has 2 rings (SSSR count). The van der Waals surface area contributed by atoms with E-state index in [1.54, 1.807) is 11.8 Å². The molecule has 1 aromatic heterocycles. The van der Waals surface area contributed by atoms with Crippen molar-refractivity contribution in [2.45, 2.75) is 18.0 Å². The second-order valence-corrected chi connectivity index (χ2v) is 4.99. The molecule has 0 fully saturated rings. The van der Waals surface area contributed by atoms with Crippen LogP contribution >= 0.6 is 11.8 Å². The predicted molar refractivity (Wildman–Crippen MR) is 79.6 cm³/mol. The van der Waals surface area contributed by atoms with Crippen molar-refractivity contribution in [3.8, 4) is 5.75 Å². The summed E-state index contributed by atoms with van der Waals surface area (Å²) >= 11 is 1.72. The second kappa shape index (κ2) is 7.16. The molecule has 0 aliphatic heterocycles. The zero-order chi connectivity index (χ0) is 13.5. The number of thioether (sulfide) groups is 1. The SMILES string of the molecule is CNCc1cccc(COc2ccc(SC)cc2)n1. The van der Waals surface area contributed by atoms with Crippen LogP contribution in [0.3, 0.4) is 0 Å². The van der Waals surface area contributed by atoms with Crippen LogP contribution in [0.2, 0.25) is 0 Å². The van der Waals surface area contributed by atoms with Crippen molar-refractivity contribution in [2.24, 2.45) is 0 Å². The van der Waals surface area contributed by atoms with Crippen molar-refractivity contribution >= 4 is 11.8 Å². The summed E-state index contributed by atoms with van der Waals surface area (Å²) in [6.07, 6.45) is 2.06. The summed E-state index contributed by atoms with van der Waals surface area (Å²) in [5.41, 5.74) is 1.98. The lowest BCUT2D eigenvalue weighted by Crippen LogP contribution is -2.08. The minimum atomic E-state index is 0.496. The van der Waals surface area contributed by atoms with Gasteiger partial charge in [-0.1, -0.05) is 6.07 Å². The molecule has 0 spiro atoms. The van der Waals surface area contributed by atoms with Gasteiger partial charge in [0.1, 0.15) is 12.4 Å². The van der Waals surface area contributed by atoms with Gasteiger partial charge in [-0.2, -0.15) is 0 Å². The molecule has 2 aromatic rings. The van der Waals surface area contributed by atoms with Crippen LogP contribution in [-0.4, -0.2) is 18.3 Å². The molecule has 0 unspecified atom stereocenters. The smallest absolute Gasteiger partial charge is 0.130 e. The van der Waals surface area contributed by atoms with Crippen LogP contribution in [0.15, 0.2) is 47.4 Å². The molecule has 1 heterocycles. The highest BCUT2D eigenvalue weighted by Crippen LogP contribution is 2.19. The van der Waals surface area contributed by atoms with Gasteiger partial charge in [0, 0.05) is 11.4 Å². The number of aromatic nitrogens is 1. The molecule has 100 valence electrons. The summed E-state index contributed by atoms with van der Waals surface area (Å²) in [5, 5.41) is 3.09. The Hall–Kier alpha value is -1.52. The van der Waals surface area contributed by atoms with Crippen molar-refractivity contribution in [1.29, 1.82) is 0 Å². The Balaban J connectivity index is 1.95. The fourth-order valence-corrected chi connectivity index (χ4v) is 2.13. The van der Waals surface area contributed by atoms with E-state index in [-0.39, 0.29) is 0 Å². The average Bonchev–Trinajstić information content (AvgIpc) is 2.46. The average molecular weight is 274 g/mol. The second-order valence-electron chi connectivity index (χ2n) is 4.11. The van der Waals surface area contributed by atoms with Crippen LogP contribution in [-0.2, 0) is 13.2 Å². The number of nitrogens with one attached hydrogen (secondary N) is 1. The summed E-state index contributed by atoms with van der Waals surface area (Å²) in [7, 11) is 1.91. The van der Waals surface area contributed by atoms with Gasteiger partial charge in [0.15, 0.2) is 0 Å². The lowest BCUT2D eigenvalue weighted by molar-refractivity contribution is 0.300. The molecular formula is C15H18N2OS. The minimum absolute atomic E-state index is 0.496. The fourth-order valence-electron chi connectivity index (χ4n) is 1.72. The number of pyridine rings is 1. The van der Waals surface area contributed by atoms with Crippen LogP contribution in [0, 0.1) is 0 Å². The molecule has 0 aliphatic rings. The molecule has 0 aliphatic carbocycles. The summed E-state index contributed by atoms with van der Waals surface area (Å²) in [6.45, 7) is 1.27. The van der Waals surface area contributed by atoms with Gasteiger partial charge in [-0.25, -0.2) is 0 Å². The van der Waals surface area contributed by atoms with Gasteiger partial charge in [-0.05, 0) is 49.7 Å². The number of ether oxygens (including phenoxy) is 1. The molecule has 3 nitrogen and oxygen atoms in total. The molecule has 4 heteroatoms. The summed E-state index contributed by atoms with van der Waals surface area (Å²) in [5.74, 6) is 0.874. The van der Waals surface area contributed by atoms with Gasteiger partial charge in [0.05, 0.1) is 11.4 Å². The highest BCUT2D eigenvalue weighted by atomic mass is 32.2. The quantitative estimate of drug-likeness (QED) is 0.821. The first-order valence-corrected chi connectivity index (χ1v) is 7.40. The lowest BCUT2D eigenvalue weighted by atomic mass is 10.3. The maximum Gasteiger partial charge on any atom is 0.130 e. The van der Waals surface area contributed by atoms with Crippen molar-refractivity contribution in [3.63, 3.8) is 0 Å². The fraction of sp³-hybridized carbons (Fsp3) is 0.267. The Kier molecular flexibility index (Phi) is 5.24. The first-order valence-electron chi connectivity index (χ1n) is 6.18. The van der Waals surface area contributed by atoms with Crippen molar-refractivity contribution in [2.75, 3.05) is 13.3 Å². The van der Waals surface area contributed by atoms with E-state index in [9.17, 15) is 0 Å². The molecule has 1 aromatic carbocycles. The summed E-state index contributed by atoms with van der Waals surface area (Å²) in [6, 6.07) is 14.1. The van der Waals surface area contributed by atoms with Crippen LogP contribution in [0.25, 0.3) is 0 Å². The largest absolute Gasteiger partial charge is 0.487 e. The maximum absolute atomic E-state index is 5.73. The van der Waals surface area contributed by atoms with Crippen LogP contribution in [0.4, 0.5) is 0 Å². The Bertz CT molecular complexity index is 514. The number of nitrogens with zero attached hydrogens (tertiary/aromatic N) is 1. The third-order valence-corrected chi connectivity index (χ3v) is 3.41. The predicted octanol–water partition coefficient (Wildman–Crippen LogP) is 3.10. The summed E-state index contributed by atoms with van der Waals surface area (Å²) < 4.78 is 5.73. The van der Waals surface area contributed by atoms with Gasteiger partial charge in [-0.15, -0.1) is 11.8 Å². The van der Waals surface area contributed by atoms with E-state index in [1.165, 1.54) is 4.90 Å². The third-order valence-electron chi connectivity index (χ3n) is 2.67. The van der Waals surface area contributed by atoms with Crippen LogP contribution in [0.5, 0.6) is 5.75 Å².